The Hall–Kier alpha value is -2.31. The standard InChI is InChI=1S/C24H26Cl2FNO4/c1-14-7-8-16(11-18(14)25)31-13-15-10-20(27)17(12-19(15)26)22(29)28-9-5-6-21(28)23(30)32-24(2,3)4/h7-8,10-12,21H,5-6,9,13H2,1-4H3/t21-/m0/s1. The third-order valence-electron chi connectivity index (χ3n) is 5.10. The Kier molecular flexibility index (Phi) is 7.36. The van der Waals surface area contributed by atoms with Gasteiger partial charge >= 0.3 is 5.97 Å². The summed E-state index contributed by atoms with van der Waals surface area (Å²) >= 11 is 12.4. The highest BCUT2D eigenvalue weighted by atomic mass is 35.5. The van der Waals surface area contributed by atoms with E-state index in [1.54, 1.807) is 32.9 Å². The van der Waals surface area contributed by atoms with Crippen LogP contribution in [0.5, 0.6) is 5.75 Å². The maximum atomic E-state index is 14.9. The number of amides is 1. The minimum absolute atomic E-state index is 0.00780. The summed E-state index contributed by atoms with van der Waals surface area (Å²) in [5.74, 6) is -1.28. The quantitative estimate of drug-likeness (QED) is 0.493. The largest absolute Gasteiger partial charge is 0.489 e. The summed E-state index contributed by atoms with van der Waals surface area (Å²) in [6.07, 6.45) is 1.11. The Morgan fingerprint density at radius 3 is 2.53 bits per heavy atom. The molecule has 0 aliphatic carbocycles. The number of rotatable bonds is 5. The SMILES string of the molecule is Cc1ccc(OCc2cc(F)c(C(=O)N3CCC[C@H]3C(=O)OC(C)(C)C)cc2Cl)cc1Cl. The molecule has 8 heteroatoms. The third kappa shape index (κ3) is 5.73. The molecule has 1 atom stereocenters. The number of carbonyl (C=O) groups excluding carboxylic acids is 2. The van der Waals surface area contributed by atoms with Gasteiger partial charge in [-0.2, -0.15) is 0 Å². The molecular formula is C24H26Cl2FNO4. The summed E-state index contributed by atoms with van der Waals surface area (Å²) in [6, 6.07) is 6.97. The van der Waals surface area contributed by atoms with Crippen LogP contribution >= 0.6 is 23.2 Å². The molecule has 172 valence electrons. The number of likely N-dealkylation sites (tertiary alicyclic amines) is 1. The smallest absolute Gasteiger partial charge is 0.329 e. The minimum Gasteiger partial charge on any atom is -0.489 e. The van der Waals surface area contributed by atoms with Crippen molar-refractivity contribution in [2.45, 2.75) is 58.8 Å². The van der Waals surface area contributed by atoms with Crippen LogP contribution in [0.2, 0.25) is 10.0 Å². The summed E-state index contributed by atoms with van der Waals surface area (Å²) in [5, 5.41) is 0.756. The molecule has 0 spiro atoms. The van der Waals surface area contributed by atoms with Crippen molar-refractivity contribution in [3.8, 4) is 5.75 Å². The molecule has 2 aromatic carbocycles. The first kappa shape index (κ1) is 24.3. The van der Waals surface area contributed by atoms with Crippen molar-refractivity contribution in [1.82, 2.24) is 4.90 Å². The topological polar surface area (TPSA) is 55.8 Å². The number of ether oxygens (including phenoxy) is 2. The van der Waals surface area contributed by atoms with Gasteiger partial charge in [-0.3, -0.25) is 4.79 Å². The van der Waals surface area contributed by atoms with E-state index in [0.717, 1.165) is 5.56 Å². The van der Waals surface area contributed by atoms with Gasteiger partial charge in [0.1, 0.15) is 29.8 Å². The summed E-state index contributed by atoms with van der Waals surface area (Å²) < 4.78 is 26.0. The lowest BCUT2D eigenvalue weighted by atomic mass is 10.1. The Balaban J connectivity index is 1.75. The maximum Gasteiger partial charge on any atom is 0.329 e. The molecule has 0 aromatic heterocycles. The van der Waals surface area contributed by atoms with Gasteiger partial charge in [0.25, 0.3) is 5.91 Å². The fourth-order valence-electron chi connectivity index (χ4n) is 3.47. The van der Waals surface area contributed by atoms with Crippen molar-refractivity contribution in [3.05, 3.63) is 62.9 Å². The monoisotopic (exact) mass is 481 g/mol. The van der Waals surface area contributed by atoms with Gasteiger partial charge in [-0.05, 0) is 70.4 Å². The summed E-state index contributed by atoms with van der Waals surface area (Å²) in [7, 11) is 0. The van der Waals surface area contributed by atoms with E-state index in [-0.39, 0.29) is 17.2 Å². The predicted molar refractivity (Wildman–Crippen MR) is 122 cm³/mol. The van der Waals surface area contributed by atoms with E-state index in [2.05, 4.69) is 0 Å². The molecule has 32 heavy (non-hydrogen) atoms. The van der Waals surface area contributed by atoms with E-state index < -0.39 is 29.3 Å². The Bertz CT molecular complexity index is 1040. The van der Waals surface area contributed by atoms with Gasteiger partial charge in [0, 0.05) is 22.2 Å². The molecule has 0 unspecified atom stereocenters. The number of benzene rings is 2. The van der Waals surface area contributed by atoms with Crippen LogP contribution in [-0.2, 0) is 16.1 Å². The van der Waals surface area contributed by atoms with Crippen LogP contribution in [0, 0.1) is 12.7 Å². The number of nitrogens with zero attached hydrogens (tertiary/aromatic N) is 1. The molecular weight excluding hydrogens is 456 g/mol. The second-order valence-corrected chi connectivity index (χ2v) is 9.63. The Morgan fingerprint density at radius 1 is 1.16 bits per heavy atom. The van der Waals surface area contributed by atoms with E-state index >= 15 is 0 Å². The molecule has 1 saturated heterocycles. The lowest BCUT2D eigenvalue weighted by Crippen LogP contribution is -2.43. The number of hydrogen-bond donors (Lipinski definition) is 0. The fourth-order valence-corrected chi connectivity index (χ4v) is 3.86. The zero-order chi connectivity index (χ0) is 23.6. The number of hydrogen-bond acceptors (Lipinski definition) is 4. The first-order valence-electron chi connectivity index (χ1n) is 10.4. The second kappa shape index (κ2) is 9.67. The molecule has 0 radical (unpaired) electrons. The molecule has 0 bridgehead atoms. The zero-order valence-electron chi connectivity index (χ0n) is 18.5. The van der Waals surface area contributed by atoms with Gasteiger partial charge < -0.3 is 14.4 Å². The van der Waals surface area contributed by atoms with Gasteiger partial charge in [-0.1, -0.05) is 29.3 Å². The molecule has 1 amide bonds. The molecule has 1 fully saturated rings. The average molecular weight is 482 g/mol. The molecule has 1 aliphatic rings. The molecule has 5 nitrogen and oxygen atoms in total. The molecule has 1 aliphatic heterocycles. The Labute approximate surface area is 197 Å². The van der Waals surface area contributed by atoms with Crippen molar-refractivity contribution >= 4 is 35.1 Å². The highest BCUT2D eigenvalue weighted by molar-refractivity contribution is 6.32. The van der Waals surface area contributed by atoms with E-state index in [1.807, 2.05) is 13.0 Å². The van der Waals surface area contributed by atoms with Crippen molar-refractivity contribution < 1.29 is 23.5 Å². The van der Waals surface area contributed by atoms with Gasteiger partial charge in [0.15, 0.2) is 0 Å². The van der Waals surface area contributed by atoms with Crippen LogP contribution in [0.15, 0.2) is 30.3 Å². The van der Waals surface area contributed by atoms with Gasteiger partial charge in [0.05, 0.1) is 5.56 Å². The highest BCUT2D eigenvalue weighted by Gasteiger charge is 2.38. The van der Waals surface area contributed by atoms with Crippen LogP contribution in [0.3, 0.4) is 0 Å². The second-order valence-electron chi connectivity index (χ2n) is 8.81. The summed E-state index contributed by atoms with van der Waals surface area (Å²) in [4.78, 5) is 26.9. The summed E-state index contributed by atoms with van der Waals surface area (Å²) in [5.41, 5.74) is 0.444. The number of halogens is 3. The van der Waals surface area contributed by atoms with Crippen LogP contribution in [0.4, 0.5) is 4.39 Å². The van der Waals surface area contributed by atoms with E-state index in [9.17, 15) is 14.0 Å². The first-order valence-corrected chi connectivity index (χ1v) is 11.1. The van der Waals surface area contributed by atoms with Gasteiger partial charge in [-0.15, -0.1) is 0 Å². The van der Waals surface area contributed by atoms with Crippen molar-refractivity contribution in [2.75, 3.05) is 6.54 Å². The van der Waals surface area contributed by atoms with E-state index in [0.29, 0.717) is 35.7 Å². The van der Waals surface area contributed by atoms with Crippen LogP contribution in [0.25, 0.3) is 0 Å². The normalized spacial score (nSPS) is 16.2. The van der Waals surface area contributed by atoms with E-state index in [4.69, 9.17) is 32.7 Å². The fraction of sp³-hybridized carbons (Fsp3) is 0.417. The van der Waals surface area contributed by atoms with Crippen LogP contribution < -0.4 is 4.74 Å². The number of aryl methyl sites for hydroxylation is 1. The minimum atomic E-state index is -0.741. The molecule has 0 N–H and O–H groups in total. The summed E-state index contributed by atoms with van der Waals surface area (Å²) in [6.45, 7) is 7.51. The molecule has 2 aromatic rings. The predicted octanol–water partition coefficient (Wildman–Crippen LogP) is 5.97. The zero-order valence-corrected chi connectivity index (χ0v) is 20.0. The van der Waals surface area contributed by atoms with Crippen molar-refractivity contribution in [3.63, 3.8) is 0 Å². The van der Waals surface area contributed by atoms with Gasteiger partial charge in [-0.25, -0.2) is 9.18 Å². The highest BCUT2D eigenvalue weighted by Crippen LogP contribution is 2.28. The molecule has 3 rings (SSSR count). The van der Waals surface area contributed by atoms with Gasteiger partial charge in [0.2, 0.25) is 0 Å². The maximum absolute atomic E-state index is 14.9. The molecule has 0 saturated carbocycles. The molecule has 1 heterocycles. The third-order valence-corrected chi connectivity index (χ3v) is 5.86. The Morgan fingerprint density at radius 2 is 1.88 bits per heavy atom. The van der Waals surface area contributed by atoms with Crippen molar-refractivity contribution in [1.29, 1.82) is 0 Å². The first-order chi connectivity index (χ1) is 15.0. The lowest BCUT2D eigenvalue weighted by Gasteiger charge is -2.27. The number of esters is 1. The average Bonchev–Trinajstić information content (AvgIpc) is 3.19. The van der Waals surface area contributed by atoms with Crippen LogP contribution in [0.1, 0.15) is 55.1 Å². The lowest BCUT2D eigenvalue weighted by molar-refractivity contribution is -0.159. The number of carbonyl (C=O) groups is 2. The van der Waals surface area contributed by atoms with E-state index in [1.165, 1.54) is 17.0 Å². The van der Waals surface area contributed by atoms with Crippen molar-refractivity contribution in [2.24, 2.45) is 0 Å². The van der Waals surface area contributed by atoms with Crippen LogP contribution in [-0.4, -0.2) is 35.0 Å².